The Kier molecular flexibility index (Phi) is 13.6. The average molecular weight is 673 g/mol. The molecule has 2 fully saturated rings. The predicted molar refractivity (Wildman–Crippen MR) is 178 cm³/mol. The molecule has 0 spiro atoms. The molecule has 0 bridgehead atoms. The molecule has 9 nitrogen and oxygen atoms in total. The second-order valence-electron chi connectivity index (χ2n) is 12.4. The van der Waals surface area contributed by atoms with Gasteiger partial charge in [0.25, 0.3) is 0 Å². The van der Waals surface area contributed by atoms with Crippen LogP contribution in [0.5, 0.6) is 0 Å². The number of sulfonamides is 1. The molecule has 13 heteroatoms. The van der Waals surface area contributed by atoms with Crippen LogP contribution in [0.25, 0.3) is 0 Å². The fraction of sp³-hybridized carbons (Fsp3) is 0.688. The van der Waals surface area contributed by atoms with Crippen molar-refractivity contribution in [3.8, 4) is 0 Å². The van der Waals surface area contributed by atoms with Crippen LogP contribution in [0, 0.1) is 25.5 Å². The number of likely N-dealkylation sites (tertiary alicyclic amines) is 1. The van der Waals surface area contributed by atoms with Gasteiger partial charge in [-0.2, -0.15) is 5.10 Å². The van der Waals surface area contributed by atoms with Crippen molar-refractivity contribution in [2.24, 2.45) is 0 Å². The summed E-state index contributed by atoms with van der Waals surface area (Å²) in [6.45, 7) is 12.7. The summed E-state index contributed by atoms with van der Waals surface area (Å²) < 4.78 is 56.1. The van der Waals surface area contributed by atoms with Gasteiger partial charge >= 0.3 is 6.03 Å². The first-order valence-corrected chi connectivity index (χ1v) is 18.0. The molecule has 3 heterocycles. The maximum absolute atomic E-state index is 14.9. The number of amides is 2. The van der Waals surface area contributed by atoms with E-state index in [1.807, 2.05) is 18.7 Å². The SMILES string of the molecule is CCCCN(C(=O)N(CCCC)C1CCN(Cc2c(C)nn(C3CCN(S(C)(=O)=O)CC3)c2C)CC1)c1ccc(F)cc1F.Cl. The number of anilines is 1. The fourth-order valence-electron chi connectivity index (χ4n) is 6.57. The minimum absolute atomic E-state index is 0. The highest BCUT2D eigenvalue weighted by Gasteiger charge is 2.33. The summed E-state index contributed by atoms with van der Waals surface area (Å²) in [5.74, 6) is -1.37. The number of carbonyl (C=O) groups is 1. The molecule has 2 saturated heterocycles. The average Bonchev–Trinajstić information content (AvgIpc) is 3.27. The van der Waals surface area contributed by atoms with E-state index in [0.717, 1.165) is 88.5 Å². The number of aromatic nitrogens is 2. The maximum atomic E-state index is 14.9. The third-order valence-electron chi connectivity index (χ3n) is 9.26. The van der Waals surface area contributed by atoms with Gasteiger partial charge in [0.1, 0.15) is 11.6 Å². The smallest absolute Gasteiger partial charge is 0.321 e. The summed E-state index contributed by atoms with van der Waals surface area (Å²) >= 11 is 0. The lowest BCUT2D eigenvalue weighted by molar-refractivity contribution is 0.119. The van der Waals surface area contributed by atoms with Crippen molar-refractivity contribution in [1.82, 2.24) is 23.9 Å². The third-order valence-corrected chi connectivity index (χ3v) is 10.6. The van der Waals surface area contributed by atoms with Crippen molar-refractivity contribution < 1.29 is 22.0 Å². The van der Waals surface area contributed by atoms with E-state index in [0.29, 0.717) is 26.2 Å². The molecule has 0 atom stereocenters. The van der Waals surface area contributed by atoms with Gasteiger partial charge in [-0.05, 0) is 64.5 Å². The van der Waals surface area contributed by atoms with Crippen LogP contribution in [-0.2, 0) is 16.6 Å². The van der Waals surface area contributed by atoms with Gasteiger partial charge in [-0.15, -0.1) is 12.4 Å². The van der Waals surface area contributed by atoms with Gasteiger partial charge in [-0.1, -0.05) is 26.7 Å². The number of rotatable bonds is 12. The lowest BCUT2D eigenvalue weighted by atomic mass is 10.0. The minimum atomic E-state index is -3.17. The van der Waals surface area contributed by atoms with Crippen molar-refractivity contribution in [2.75, 3.05) is 50.4 Å². The van der Waals surface area contributed by atoms with Crippen LogP contribution in [-0.4, -0.2) is 89.9 Å². The fourth-order valence-corrected chi connectivity index (χ4v) is 7.44. The molecule has 0 saturated carbocycles. The molecule has 2 aromatic rings. The van der Waals surface area contributed by atoms with Crippen molar-refractivity contribution >= 4 is 34.1 Å². The lowest BCUT2D eigenvalue weighted by Crippen LogP contribution is -2.52. The van der Waals surface area contributed by atoms with Gasteiger partial charge in [0, 0.05) is 69.2 Å². The highest BCUT2D eigenvalue weighted by molar-refractivity contribution is 7.88. The molecule has 2 amide bonds. The number of nitrogens with zero attached hydrogens (tertiary/aromatic N) is 6. The first-order valence-electron chi connectivity index (χ1n) is 16.2. The van der Waals surface area contributed by atoms with Crippen LogP contribution in [0.4, 0.5) is 19.3 Å². The Morgan fingerprint density at radius 2 is 1.60 bits per heavy atom. The van der Waals surface area contributed by atoms with E-state index < -0.39 is 21.7 Å². The number of piperidine rings is 2. The zero-order chi connectivity index (χ0) is 32.0. The standard InChI is InChI=1S/C32H50F2N6O3S.ClH/c1-6-8-16-38(32(41)39(17-9-7-2)31-11-10-26(33)22-30(31)34)27-12-18-36(19-13-27)23-29-24(3)35-40(25(29)4)28-14-20-37(21-15-28)44(5,42)43;/h10-11,22,27-28H,6-9,12-21,23H2,1-5H3;1H. The molecule has 2 aliphatic heterocycles. The van der Waals surface area contributed by atoms with Crippen molar-refractivity contribution in [2.45, 2.75) is 97.7 Å². The number of aryl methyl sites for hydroxylation is 1. The number of urea groups is 1. The Balaban J connectivity index is 0.00000552. The Labute approximate surface area is 274 Å². The van der Waals surface area contributed by atoms with Crippen LogP contribution in [0.15, 0.2) is 18.2 Å². The van der Waals surface area contributed by atoms with Gasteiger partial charge in [0.15, 0.2) is 0 Å². The van der Waals surface area contributed by atoms with Crippen molar-refractivity contribution in [1.29, 1.82) is 0 Å². The second-order valence-corrected chi connectivity index (χ2v) is 14.4. The van der Waals surface area contributed by atoms with Crippen LogP contribution in [0.3, 0.4) is 0 Å². The summed E-state index contributed by atoms with van der Waals surface area (Å²) in [5, 5.41) is 4.88. The molecule has 0 aliphatic carbocycles. The Morgan fingerprint density at radius 3 is 2.18 bits per heavy atom. The molecular formula is C32H51ClF2N6O3S. The van der Waals surface area contributed by atoms with Crippen molar-refractivity contribution in [3.05, 3.63) is 46.8 Å². The third kappa shape index (κ3) is 9.17. The Morgan fingerprint density at radius 1 is 0.978 bits per heavy atom. The number of carbonyl (C=O) groups excluding carboxylic acids is 1. The van der Waals surface area contributed by atoms with E-state index >= 15 is 0 Å². The van der Waals surface area contributed by atoms with Crippen LogP contribution in [0.2, 0.25) is 0 Å². The van der Waals surface area contributed by atoms with Crippen LogP contribution < -0.4 is 4.90 Å². The second kappa shape index (κ2) is 16.5. The van der Waals surface area contributed by atoms with E-state index in [2.05, 4.69) is 23.4 Å². The first-order chi connectivity index (χ1) is 20.9. The molecule has 1 aromatic carbocycles. The van der Waals surface area contributed by atoms with Crippen LogP contribution in [0.1, 0.15) is 88.2 Å². The van der Waals surface area contributed by atoms with E-state index in [4.69, 9.17) is 5.10 Å². The molecule has 1 aromatic heterocycles. The molecule has 45 heavy (non-hydrogen) atoms. The monoisotopic (exact) mass is 672 g/mol. The summed E-state index contributed by atoms with van der Waals surface area (Å²) in [5.41, 5.74) is 3.48. The van der Waals surface area contributed by atoms with Crippen LogP contribution >= 0.6 is 12.4 Å². The number of benzene rings is 1. The highest BCUT2D eigenvalue weighted by atomic mass is 35.5. The van der Waals surface area contributed by atoms with E-state index in [-0.39, 0.29) is 36.2 Å². The molecule has 4 rings (SSSR count). The first kappa shape index (κ1) is 37.2. The highest BCUT2D eigenvalue weighted by Crippen LogP contribution is 2.30. The molecule has 0 radical (unpaired) electrons. The van der Waals surface area contributed by atoms with Gasteiger partial charge in [0.05, 0.1) is 23.7 Å². The molecule has 0 N–H and O–H groups in total. The number of unbranched alkanes of at least 4 members (excludes halogenated alkanes) is 2. The van der Waals surface area contributed by atoms with Gasteiger partial charge < -0.3 is 4.90 Å². The predicted octanol–water partition coefficient (Wildman–Crippen LogP) is 6.29. The summed E-state index contributed by atoms with van der Waals surface area (Å²) in [6.07, 6.45) is 7.79. The molecule has 2 aliphatic rings. The normalized spacial score (nSPS) is 17.3. The van der Waals surface area contributed by atoms with E-state index in [9.17, 15) is 22.0 Å². The van der Waals surface area contributed by atoms with Gasteiger partial charge in [-0.25, -0.2) is 26.3 Å². The largest absolute Gasteiger partial charge is 0.324 e. The zero-order valence-corrected chi connectivity index (χ0v) is 29.1. The quantitative estimate of drug-likeness (QED) is 0.265. The lowest BCUT2D eigenvalue weighted by Gasteiger charge is -2.41. The van der Waals surface area contributed by atoms with Crippen molar-refractivity contribution in [3.63, 3.8) is 0 Å². The number of hydrogen-bond donors (Lipinski definition) is 0. The topological polar surface area (TPSA) is 82.0 Å². The number of hydrogen-bond acceptors (Lipinski definition) is 5. The molecule has 0 unspecified atom stereocenters. The summed E-state index contributed by atoms with van der Waals surface area (Å²) in [4.78, 5) is 19.9. The Hall–Kier alpha value is -2.28. The molecular weight excluding hydrogens is 622 g/mol. The summed E-state index contributed by atoms with van der Waals surface area (Å²) in [7, 11) is -3.17. The number of halogens is 3. The molecule has 254 valence electrons. The van der Waals surface area contributed by atoms with E-state index in [1.165, 1.54) is 28.9 Å². The minimum Gasteiger partial charge on any atom is -0.321 e. The maximum Gasteiger partial charge on any atom is 0.324 e. The zero-order valence-electron chi connectivity index (χ0n) is 27.5. The van der Waals surface area contributed by atoms with E-state index in [1.54, 1.807) is 4.31 Å². The Bertz CT molecular complexity index is 1380. The van der Waals surface area contributed by atoms with Gasteiger partial charge in [-0.3, -0.25) is 14.5 Å². The summed E-state index contributed by atoms with van der Waals surface area (Å²) in [6, 6.07) is 3.46. The van der Waals surface area contributed by atoms with Gasteiger partial charge in [0.2, 0.25) is 10.0 Å².